The van der Waals surface area contributed by atoms with E-state index >= 15 is 0 Å². The van der Waals surface area contributed by atoms with Gasteiger partial charge in [-0.1, -0.05) is 124 Å². The zero-order valence-electron chi connectivity index (χ0n) is 19.4. The van der Waals surface area contributed by atoms with Gasteiger partial charge in [-0.05, 0) is 67.1 Å². The van der Waals surface area contributed by atoms with Crippen molar-refractivity contribution < 1.29 is 0 Å². The molecule has 4 aromatic carbocycles. The van der Waals surface area contributed by atoms with Gasteiger partial charge in [-0.25, -0.2) is 0 Å². The Balaban J connectivity index is 1.98. The average molecular weight is 471 g/mol. The Morgan fingerprint density at radius 1 is 0.516 bits per heavy atom. The average Bonchev–Trinajstić information content (AvgIpc) is 2.73. The van der Waals surface area contributed by atoms with Crippen molar-refractivity contribution in [3.63, 3.8) is 0 Å². The third-order valence-electron chi connectivity index (χ3n) is 6.11. The lowest BCUT2D eigenvalue weighted by Crippen LogP contribution is -2.11. The van der Waals surface area contributed by atoms with Gasteiger partial charge in [0.25, 0.3) is 0 Å². The monoisotopic (exact) mass is 470 g/mol. The van der Waals surface area contributed by atoms with Crippen molar-refractivity contribution in [2.75, 3.05) is 0 Å². The number of hydrogen-bond acceptors (Lipinski definition) is 0. The molecule has 0 aliphatic rings. The molecule has 0 amide bonds. The summed E-state index contributed by atoms with van der Waals surface area (Å²) in [6.45, 7) is 13.6. The Morgan fingerprint density at radius 2 is 1.06 bits per heavy atom. The number of hydrogen-bond donors (Lipinski definition) is 0. The molecule has 0 fully saturated rings. The summed E-state index contributed by atoms with van der Waals surface area (Å²) in [4.78, 5) is 0. The van der Waals surface area contributed by atoms with Gasteiger partial charge in [-0.15, -0.1) is 0 Å². The molecule has 0 N–H and O–H groups in total. The van der Waals surface area contributed by atoms with Crippen molar-refractivity contribution in [2.45, 2.75) is 52.4 Å². The molecule has 0 unspecified atom stereocenters. The maximum Gasteiger partial charge on any atom is 0.0254 e. The number of rotatable bonds is 2. The summed E-state index contributed by atoms with van der Waals surface area (Å²) < 4.78 is 1.13. The van der Waals surface area contributed by atoms with E-state index in [1.54, 1.807) is 0 Å². The molecular formula is C30H31Br. The van der Waals surface area contributed by atoms with Crippen LogP contribution in [0.3, 0.4) is 0 Å². The minimum Gasteiger partial charge on any atom is -0.0616 e. The molecule has 0 aliphatic heterocycles. The van der Waals surface area contributed by atoms with Crippen LogP contribution in [-0.4, -0.2) is 0 Å². The topological polar surface area (TPSA) is 0 Å². The van der Waals surface area contributed by atoms with Crippen LogP contribution in [0, 0.1) is 0 Å². The van der Waals surface area contributed by atoms with Crippen LogP contribution in [0.4, 0.5) is 0 Å². The molecule has 0 bridgehead atoms. The summed E-state index contributed by atoms with van der Waals surface area (Å²) in [7, 11) is 0. The van der Waals surface area contributed by atoms with Crippen LogP contribution in [-0.2, 0) is 10.8 Å². The van der Waals surface area contributed by atoms with Gasteiger partial charge < -0.3 is 0 Å². The van der Waals surface area contributed by atoms with Gasteiger partial charge >= 0.3 is 0 Å². The molecule has 0 aliphatic carbocycles. The summed E-state index contributed by atoms with van der Waals surface area (Å²) in [5.41, 5.74) is 8.06. The van der Waals surface area contributed by atoms with Crippen LogP contribution in [0.1, 0.15) is 52.7 Å². The highest BCUT2D eigenvalue weighted by atomic mass is 79.9. The third-order valence-corrected chi connectivity index (χ3v) is 6.80. The number of halogens is 1. The predicted molar refractivity (Wildman–Crippen MR) is 140 cm³/mol. The zero-order chi connectivity index (χ0) is 22.4. The van der Waals surface area contributed by atoms with Gasteiger partial charge in [0, 0.05) is 4.47 Å². The van der Waals surface area contributed by atoms with Gasteiger partial charge in [-0.3, -0.25) is 0 Å². The lowest BCUT2D eigenvalue weighted by atomic mass is 9.81. The second-order valence-electron chi connectivity index (χ2n) is 10.5. The van der Waals surface area contributed by atoms with E-state index < -0.39 is 0 Å². The maximum absolute atomic E-state index is 3.74. The van der Waals surface area contributed by atoms with E-state index in [1.165, 1.54) is 44.2 Å². The lowest BCUT2D eigenvalue weighted by molar-refractivity contribution is 0.590. The minimum atomic E-state index is 0.0918. The third kappa shape index (κ3) is 4.34. The first-order valence-electron chi connectivity index (χ1n) is 11.0. The molecular weight excluding hydrogens is 440 g/mol. The van der Waals surface area contributed by atoms with E-state index in [-0.39, 0.29) is 10.8 Å². The fourth-order valence-electron chi connectivity index (χ4n) is 4.13. The van der Waals surface area contributed by atoms with Crippen LogP contribution in [0.15, 0.2) is 83.3 Å². The molecule has 4 aromatic rings. The van der Waals surface area contributed by atoms with Gasteiger partial charge in [-0.2, -0.15) is 0 Å². The fourth-order valence-corrected chi connectivity index (χ4v) is 4.61. The van der Waals surface area contributed by atoms with Gasteiger partial charge in [0.1, 0.15) is 0 Å². The molecule has 0 spiro atoms. The standard InChI is InChI=1S/C30H31Br/c1-29(2,3)21-13-11-20(12-14-21)23-16-15-22(30(4,5)6)19-27(23)25-17-18-28(31)26-10-8-7-9-24(25)26/h7-19H,1-6H3. The van der Waals surface area contributed by atoms with Crippen LogP contribution in [0.2, 0.25) is 0 Å². The van der Waals surface area contributed by atoms with Crippen molar-refractivity contribution in [1.29, 1.82) is 0 Å². The molecule has 0 nitrogen and oxygen atoms in total. The van der Waals surface area contributed by atoms with Crippen LogP contribution < -0.4 is 0 Å². The van der Waals surface area contributed by atoms with E-state index in [4.69, 9.17) is 0 Å². The van der Waals surface area contributed by atoms with Crippen LogP contribution >= 0.6 is 15.9 Å². The van der Waals surface area contributed by atoms with E-state index in [0.717, 1.165) is 4.47 Å². The molecule has 0 saturated carbocycles. The Kier molecular flexibility index (Phi) is 5.60. The number of benzene rings is 4. The first kappa shape index (κ1) is 21.8. The molecule has 0 atom stereocenters. The Labute approximate surface area is 195 Å². The van der Waals surface area contributed by atoms with Crippen molar-refractivity contribution in [1.82, 2.24) is 0 Å². The molecule has 0 saturated heterocycles. The first-order valence-corrected chi connectivity index (χ1v) is 11.8. The van der Waals surface area contributed by atoms with Crippen molar-refractivity contribution in [3.8, 4) is 22.3 Å². The highest BCUT2D eigenvalue weighted by Gasteiger charge is 2.19. The van der Waals surface area contributed by atoms with Crippen molar-refractivity contribution in [2.24, 2.45) is 0 Å². The Hall–Kier alpha value is -2.38. The first-order chi connectivity index (χ1) is 14.6. The fraction of sp³-hybridized carbons (Fsp3) is 0.267. The van der Waals surface area contributed by atoms with E-state index in [0.29, 0.717) is 0 Å². The Morgan fingerprint density at radius 3 is 1.68 bits per heavy atom. The van der Waals surface area contributed by atoms with Crippen molar-refractivity contribution in [3.05, 3.63) is 94.5 Å². The SMILES string of the molecule is CC(C)(C)c1ccc(-c2ccc(C(C)(C)C)cc2-c2ccc(Br)c3ccccc23)cc1. The summed E-state index contributed by atoms with van der Waals surface area (Å²) in [5.74, 6) is 0. The molecule has 0 aromatic heterocycles. The van der Waals surface area contributed by atoms with Gasteiger partial charge in [0.05, 0.1) is 0 Å². The largest absolute Gasteiger partial charge is 0.0616 e. The summed E-state index contributed by atoms with van der Waals surface area (Å²) in [6, 6.07) is 29.2. The Bertz CT molecular complexity index is 1230. The van der Waals surface area contributed by atoms with Crippen LogP contribution in [0.25, 0.3) is 33.0 Å². The zero-order valence-corrected chi connectivity index (χ0v) is 21.0. The number of fused-ring (bicyclic) bond motifs is 1. The lowest BCUT2D eigenvalue weighted by Gasteiger charge is -2.23. The molecule has 0 heterocycles. The normalized spacial score (nSPS) is 12.4. The van der Waals surface area contributed by atoms with E-state index in [9.17, 15) is 0 Å². The molecule has 0 radical (unpaired) electrons. The second-order valence-corrected chi connectivity index (χ2v) is 11.3. The smallest absolute Gasteiger partial charge is 0.0254 e. The summed E-state index contributed by atoms with van der Waals surface area (Å²) >= 11 is 3.74. The summed E-state index contributed by atoms with van der Waals surface area (Å²) in [5, 5.41) is 2.52. The van der Waals surface area contributed by atoms with Gasteiger partial charge in [0.2, 0.25) is 0 Å². The second kappa shape index (κ2) is 7.95. The van der Waals surface area contributed by atoms with Crippen LogP contribution in [0.5, 0.6) is 0 Å². The molecule has 31 heavy (non-hydrogen) atoms. The minimum absolute atomic E-state index is 0.0918. The summed E-state index contributed by atoms with van der Waals surface area (Å²) in [6.07, 6.45) is 0. The predicted octanol–water partition coefficient (Wildman–Crippen LogP) is 9.53. The molecule has 4 rings (SSSR count). The van der Waals surface area contributed by atoms with Gasteiger partial charge in [0.15, 0.2) is 0 Å². The molecule has 158 valence electrons. The maximum atomic E-state index is 3.74. The highest BCUT2D eigenvalue weighted by Crippen LogP contribution is 2.41. The highest BCUT2D eigenvalue weighted by molar-refractivity contribution is 9.10. The molecule has 1 heteroatoms. The van der Waals surface area contributed by atoms with Crippen molar-refractivity contribution >= 4 is 26.7 Å². The van der Waals surface area contributed by atoms with E-state index in [1.807, 2.05) is 0 Å². The quantitative estimate of drug-likeness (QED) is 0.273. The van der Waals surface area contributed by atoms with E-state index in [2.05, 4.69) is 136 Å².